The molecule has 2 N–H and O–H groups in total. The van der Waals surface area contributed by atoms with E-state index in [4.69, 9.17) is 4.74 Å². The first kappa shape index (κ1) is 14.8. The Morgan fingerprint density at radius 3 is 2.37 bits per heavy atom. The molecule has 104 valence electrons. The van der Waals surface area contributed by atoms with E-state index >= 15 is 0 Å². The number of amides is 2. The van der Waals surface area contributed by atoms with E-state index in [0.29, 0.717) is 5.56 Å². The Bertz CT molecular complexity index is 500. The van der Waals surface area contributed by atoms with Crippen LogP contribution in [0, 0.1) is 6.92 Å². The molecule has 0 spiro atoms. The smallest absolute Gasteiger partial charge is 0.410 e. The molecule has 0 bridgehead atoms. The number of carbonyl (C=O) groups is 2. The number of hydrogen-bond donors (Lipinski definition) is 2. The lowest BCUT2D eigenvalue weighted by atomic mass is 10.2. The summed E-state index contributed by atoms with van der Waals surface area (Å²) in [7, 11) is 1.37. The van der Waals surface area contributed by atoms with Crippen LogP contribution in [0.3, 0.4) is 0 Å². The highest BCUT2D eigenvalue weighted by atomic mass is 19.4. The molecule has 0 aliphatic rings. The Kier molecular flexibility index (Phi) is 4.36. The summed E-state index contributed by atoms with van der Waals surface area (Å²) >= 11 is 0. The zero-order valence-corrected chi connectivity index (χ0v) is 10.1. The average Bonchev–Trinajstić information content (AvgIpc) is 2.31. The second kappa shape index (κ2) is 5.59. The van der Waals surface area contributed by atoms with Crippen molar-refractivity contribution in [2.24, 2.45) is 0 Å². The maximum Gasteiger partial charge on any atom is 0.471 e. The summed E-state index contributed by atoms with van der Waals surface area (Å²) in [6, 6.07) is 3.83. The van der Waals surface area contributed by atoms with Crippen LogP contribution in [0.25, 0.3) is 0 Å². The van der Waals surface area contributed by atoms with E-state index in [1.165, 1.54) is 32.2 Å². The second-order valence-electron chi connectivity index (χ2n) is 3.57. The number of aryl methyl sites for hydroxylation is 1. The summed E-state index contributed by atoms with van der Waals surface area (Å²) in [5.74, 6) is -1.91. The summed E-state index contributed by atoms with van der Waals surface area (Å²) in [4.78, 5) is 21.7. The number of benzene rings is 1. The third kappa shape index (κ3) is 4.16. The predicted octanol–water partition coefficient (Wildman–Crippen LogP) is 2.21. The van der Waals surface area contributed by atoms with Crippen molar-refractivity contribution < 1.29 is 27.5 Å². The number of rotatable bonds is 2. The Balaban J connectivity index is 2.83. The third-order valence-corrected chi connectivity index (χ3v) is 2.12. The van der Waals surface area contributed by atoms with Gasteiger partial charge in [-0.25, -0.2) is 4.79 Å². The van der Waals surface area contributed by atoms with Crippen LogP contribution in [0.4, 0.5) is 23.7 Å². The fourth-order valence-electron chi connectivity index (χ4n) is 1.19. The van der Waals surface area contributed by atoms with E-state index in [0.717, 1.165) is 0 Å². The Morgan fingerprint density at radius 2 is 1.89 bits per heavy atom. The highest BCUT2D eigenvalue weighted by Gasteiger charge is 2.38. The summed E-state index contributed by atoms with van der Waals surface area (Å²) in [6.07, 6.45) is -5.66. The predicted molar refractivity (Wildman–Crippen MR) is 60.9 cm³/mol. The maximum atomic E-state index is 12.1. The maximum absolute atomic E-state index is 12.1. The number of halogens is 3. The lowest BCUT2D eigenvalue weighted by Gasteiger charge is -2.11. The first-order valence-corrected chi connectivity index (χ1v) is 5.12. The normalized spacial score (nSPS) is 10.8. The molecule has 0 radical (unpaired) electrons. The van der Waals surface area contributed by atoms with E-state index in [-0.39, 0.29) is 11.4 Å². The van der Waals surface area contributed by atoms with E-state index in [1.807, 2.05) is 0 Å². The molecule has 0 unspecified atom stereocenters. The minimum atomic E-state index is -4.95. The van der Waals surface area contributed by atoms with Crippen molar-refractivity contribution in [1.82, 2.24) is 5.32 Å². The van der Waals surface area contributed by atoms with Crippen molar-refractivity contribution in [2.45, 2.75) is 13.1 Å². The molecular formula is C11H11F3N2O3. The van der Waals surface area contributed by atoms with Gasteiger partial charge >= 0.3 is 18.2 Å². The fraction of sp³-hybridized carbons (Fsp3) is 0.273. The van der Waals surface area contributed by atoms with Crippen LogP contribution in [0.2, 0.25) is 0 Å². The molecule has 0 aliphatic carbocycles. The Hall–Kier alpha value is -2.25. The minimum absolute atomic E-state index is 0.00779. The van der Waals surface area contributed by atoms with Gasteiger partial charge in [0.1, 0.15) is 5.75 Å². The van der Waals surface area contributed by atoms with Crippen LogP contribution in [-0.4, -0.2) is 25.2 Å². The van der Waals surface area contributed by atoms with Crippen molar-refractivity contribution in [3.8, 4) is 5.75 Å². The molecule has 0 heterocycles. The first-order valence-electron chi connectivity index (χ1n) is 5.12. The van der Waals surface area contributed by atoms with E-state index < -0.39 is 18.2 Å². The Morgan fingerprint density at radius 1 is 1.26 bits per heavy atom. The van der Waals surface area contributed by atoms with Gasteiger partial charge in [0.15, 0.2) is 0 Å². The van der Waals surface area contributed by atoms with Crippen molar-refractivity contribution >= 4 is 17.7 Å². The van der Waals surface area contributed by atoms with Gasteiger partial charge in [0.05, 0.1) is 0 Å². The lowest BCUT2D eigenvalue weighted by molar-refractivity contribution is -0.167. The molecule has 19 heavy (non-hydrogen) atoms. The van der Waals surface area contributed by atoms with Crippen molar-refractivity contribution in [3.63, 3.8) is 0 Å². The van der Waals surface area contributed by atoms with Gasteiger partial charge in [-0.1, -0.05) is 0 Å². The minimum Gasteiger partial charge on any atom is -0.410 e. The molecule has 0 aliphatic heterocycles. The van der Waals surface area contributed by atoms with Gasteiger partial charge in [0, 0.05) is 12.7 Å². The number of nitrogens with one attached hydrogen (secondary N) is 2. The van der Waals surface area contributed by atoms with Crippen LogP contribution >= 0.6 is 0 Å². The largest absolute Gasteiger partial charge is 0.471 e. The highest BCUT2D eigenvalue weighted by molar-refractivity contribution is 5.95. The zero-order chi connectivity index (χ0) is 14.6. The number of carbonyl (C=O) groups excluding carboxylic acids is 2. The quantitative estimate of drug-likeness (QED) is 0.870. The van der Waals surface area contributed by atoms with Gasteiger partial charge in [-0.2, -0.15) is 13.2 Å². The molecule has 0 saturated carbocycles. The number of anilines is 1. The molecule has 1 rings (SSSR count). The van der Waals surface area contributed by atoms with Crippen molar-refractivity contribution in [1.29, 1.82) is 0 Å². The molecule has 5 nitrogen and oxygen atoms in total. The van der Waals surface area contributed by atoms with Gasteiger partial charge < -0.3 is 15.4 Å². The van der Waals surface area contributed by atoms with Gasteiger partial charge in [-0.3, -0.25) is 4.79 Å². The second-order valence-corrected chi connectivity index (χ2v) is 3.57. The SMILES string of the molecule is CNC(=O)Oc1ccc(NC(=O)C(F)(F)F)c(C)c1. The van der Waals surface area contributed by atoms with Crippen molar-refractivity contribution in [2.75, 3.05) is 12.4 Å². The van der Waals surface area contributed by atoms with Gasteiger partial charge in [0.2, 0.25) is 0 Å². The molecule has 0 atom stereocenters. The average molecular weight is 276 g/mol. The summed E-state index contributed by atoms with van der Waals surface area (Å²) in [5, 5.41) is 3.94. The number of hydrogen-bond acceptors (Lipinski definition) is 3. The van der Waals surface area contributed by atoms with Gasteiger partial charge in [-0.15, -0.1) is 0 Å². The summed E-state index contributed by atoms with van der Waals surface area (Å²) in [5.41, 5.74) is 0.325. The number of ether oxygens (including phenoxy) is 1. The molecule has 1 aromatic rings. The lowest BCUT2D eigenvalue weighted by Crippen LogP contribution is -2.30. The monoisotopic (exact) mass is 276 g/mol. The van der Waals surface area contributed by atoms with Crippen LogP contribution in [0.15, 0.2) is 18.2 Å². The highest BCUT2D eigenvalue weighted by Crippen LogP contribution is 2.24. The topological polar surface area (TPSA) is 67.4 Å². The van der Waals surface area contributed by atoms with E-state index in [9.17, 15) is 22.8 Å². The van der Waals surface area contributed by atoms with Crippen LogP contribution in [0.1, 0.15) is 5.56 Å². The molecule has 0 aromatic heterocycles. The standard InChI is InChI=1S/C11H11F3N2O3/c1-6-5-7(19-10(18)15-2)3-4-8(6)16-9(17)11(12,13)14/h3-5H,1-2H3,(H,15,18)(H,16,17). The van der Waals surface area contributed by atoms with Gasteiger partial charge in [0.25, 0.3) is 0 Å². The van der Waals surface area contributed by atoms with Crippen molar-refractivity contribution in [3.05, 3.63) is 23.8 Å². The molecule has 1 aromatic carbocycles. The van der Waals surface area contributed by atoms with Crippen LogP contribution < -0.4 is 15.4 Å². The molecule has 0 fully saturated rings. The first-order chi connectivity index (χ1) is 8.74. The zero-order valence-electron chi connectivity index (χ0n) is 10.1. The summed E-state index contributed by atoms with van der Waals surface area (Å²) < 4.78 is 41.0. The van der Waals surface area contributed by atoms with E-state index in [2.05, 4.69) is 5.32 Å². The summed E-state index contributed by atoms with van der Waals surface area (Å²) in [6.45, 7) is 1.47. The van der Waals surface area contributed by atoms with Gasteiger partial charge in [-0.05, 0) is 30.7 Å². The molecule has 8 heteroatoms. The fourth-order valence-corrected chi connectivity index (χ4v) is 1.19. The molecule has 2 amide bonds. The molecule has 0 saturated heterocycles. The number of alkyl halides is 3. The third-order valence-electron chi connectivity index (χ3n) is 2.12. The van der Waals surface area contributed by atoms with Crippen LogP contribution in [0.5, 0.6) is 5.75 Å². The Labute approximate surface area is 106 Å². The van der Waals surface area contributed by atoms with Crippen LogP contribution in [-0.2, 0) is 4.79 Å². The molecular weight excluding hydrogens is 265 g/mol. The van der Waals surface area contributed by atoms with E-state index in [1.54, 1.807) is 5.32 Å².